The highest BCUT2D eigenvalue weighted by molar-refractivity contribution is 6.29. The number of aromatic amines is 1. The first kappa shape index (κ1) is 13.3. The van der Waals surface area contributed by atoms with E-state index in [1.165, 1.54) is 6.42 Å². The van der Waals surface area contributed by atoms with Gasteiger partial charge in [0.15, 0.2) is 5.15 Å². The van der Waals surface area contributed by atoms with Gasteiger partial charge < -0.3 is 0 Å². The average molecular weight is 275 g/mol. The fraction of sp³-hybridized carbons (Fsp3) is 0.667. The van der Waals surface area contributed by atoms with Gasteiger partial charge in [-0.25, -0.2) is 4.79 Å². The Balaban J connectivity index is 2.27. The van der Waals surface area contributed by atoms with E-state index in [1.54, 1.807) is 0 Å². The second kappa shape index (κ2) is 5.26. The van der Waals surface area contributed by atoms with Crippen molar-refractivity contribution in [2.45, 2.75) is 39.2 Å². The van der Waals surface area contributed by atoms with Crippen LogP contribution in [0.4, 0.5) is 4.39 Å². The lowest BCUT2D eigenvalue weighted by Gasteiger charge is -2.26. The topological polar surface area (TPSA) is 54.9 Å². The summed E-state index contributed by atoms with van der Waals surface area (Å²) in [4.78, 5) is 25.4. The van der Waals surface area contributed by atoms with Gasteiger partial charge in [0, 0.05) is 6.54 Å². The molecule has 0 saturated heterocycles. The molecule has 0 radical (unpaired) electrons. The Kier molecular flexibility index (Phi) is 3.90. The molecule has 2 unspecified atom stereocenters. The molecule has 1 heterocycles. The monoisotopic (exact) mass is 274 g/mol. The van der Waals surface area contributed by atoms with E-state index in [0.717, 1.165) is 23.8 Å². The maximum absolute atomic E-state index is 13.4. The van der Waals surface area contributed by atoms with Crippen LogP contribution in [0.3, 0.4) is 0 Å². The summed E-state index contributed by atoms with van der Waals surface area (Å²) in [6.07, 6.45) is 4.21. The van der Waals surface area contributed by atoms with Crippen LogP contribution in [-0.2, 0) is 6.54 Å². The number of hydrogen-bond acceptors (Lipinski definition) is 2. The summed E-state index contributed by atoms with van der Waals surface area (Å²) in [5.41, 5.74) is -1.56. The molecule has 1 aromatic rings. The van der Waals surface area contributed by atoms with E-state index in [0.29, 0.717) is 5.92 Å². The molecule has 100 valence electrons. The molecule has 6 heteroatoms. The summed E-state index contributed by atoms with van der Waals surface area (Å²) in [5.74, 6) is -0.232. The highest BCUT2D eigenvalue weighted by atomic mass is 35.5. The summed E-state index contributed by atoms with van der Waals surface area (Å²) < 4.78 is 14.3. The van der Waals surface area contributed by atoms with Gasteiger partial charge in [-0.3, -0.25) is 14.3 Å². The fourth-order valence-corrected chi connectivity index (χ4v) is 2.83. The standard InChI is InChI=1S/C12H16ClFN2O2/c1-7-3-2-4-8(5-7)6-16-11(17)9(14)10(13)15-12(16)18/h7-8H,2-6H2,1H3,(H,15,18). The first-order chi connectivity index (χ1) is 8.49. The molecule has 2 rings (SSSR count). The zero-order valence-corrected chi connectivity index (χ0v) is 11.0. The number of hydrogen-bond donors (Lipinski definition) is 1. The minimum Gasteiger partial charge on any atom is -0.295 e. The molecule has 0 aromatic carbocycles. The van der Waals surface area contributed by atoms with E-state index in [9.17, 15) is 14.0 Å². The second-order valence-electron chi connectivity index (χ2n) is 5.11. The van der Waals surface area contributed by atoms with Crippen LogP contribution >= 0.6 is 11.6 Å². The zero-order valence-electron chi connectivity index (χ0n) is 10.2. The van der Waals surface area contributed by atoms with Crippen molar-refractivity contribution >= 4 is 11.6 Å². The summed E-state index contributed by atoms with van der Waals surface area (Å²) >= 11 is 5.41. The van der Waals surface area contributed by atoms with Crippen LogP contribution in [0, 0.1) is 17.7 Å². The van der Waals surface area contributed by atoms with E-state index in [1.807, 2.05) is 0 Å². The van der Waals surface area contributed by atoms with Gasteiger partial charge in [0.25, 0.3) is 5.56 Å². The fourth-order valence-electron chi connectivity index (χ4n) is 2.67. The molecule has 2 atom stereocenters. The summed E-state index contributed by atoms with van der Waals surface area (Å²) in [6, 6.07) is 0. The van der Waals surface area contributed by atoms with Gasteiger partial charge in [-0.15, -0.1) is 0 Å². The van der Waals surface area contributed by atoms with Gasteiger partial charge in [-0.05, 0) is 24.7 Å². The second-order valence-corrected chi connectivity index (χ2v) is 5.49. The first-order valence-corrected chi connectivity index (χ1v) is 6.55. The maximum atomic E-state index is 13.4. The Bertz CT molecular complexity index is 552. The van der Waals surface area contributed by atoms with Crippen LogP contribution in [0.15, 0.2) is 9.59 Å². The summed E-state index contributed by atoms with van der Waals surface area (Å²) in [5, 5.41) is -0.515. The van der Waals surface area contributed by atoms with Gasteiger partial charge in [0.2, 0.25) is 5.82 Å². The lowest BCUT2D eigenvalue weighted by atomic mass is 9.82. The maximum Gasteiger partial charge on any atom is 0.329 e. The van der Waals surface area contributed by atoms with Crippen molar-refractivity contribution in [1.29, 1.82) is 0 Å². The van der Waals surface area contributed by atoms with Crippen LogP contribution in [0.25, 0.3) is 0 Å². The lowest BCUT2D eigenvalue weighted by molar-refractivity contribution is 0.251. The van der Waals surface area contributed by atoms with Crippen LogP contribution in [0.5, 0.6) is 0 Å². The third kappa shape index (κ3) is 2.66. The molecule has 1 N–H and O–H groups in total. The largest absolute Gasteiger partial charge is 0.329 e. The van der Waals surface area contributed by atoms with E-state index in [4.69, 9.17) is 11.6 Å². The molecule has 0 spiro atoms. The summed E-state index contributed by atoms with van der Waals surface area (Å²) in [7, 11) is 0. The highest BCUT2D eigenvalue weighted by Crippen LogP contribution is 2.29. The number of halogens is 2. The Morgan fingerprint density at radius 3 is 2.83 bits per heavy atom. The number of H-pyrrole nitrogens is 1. The van der Waals surface area contributed by atoms with Gasteiger partial charge in [-0.1, -0.05) is 31.4 Å². The first-order valence-electron chi connectivity index (χ1n) is 6.17. The van der Waals surface area contributed by atoms with Crippen LogP contribution < -0.4 is 11.2 Å². The minimum absolute atomic E-state index is 0.258. The normalized spacial score (nSPS) is 24.2. The predicted octanol–water partition coefficient (Wildman–Crippen LogP) is 2.16. The molecular weight excluding hydrogens is 259 g/mol. The summed E-state index contributed by atoms with van der Waals surface area (Å²) in [6.45, 7) is 2.42. The van der Waals surface area contributed by atoms with Crippen molar-refractivity contribution in [3.63, 3.8) is 0 Å². The highest BCUT2D eigenvalue weighted by Gasteiger charge is 2.21. The van der Waals surface area contributed by atoms with Crippen molar-refractivity contribution < 1.29 is 4.39 Å². The predicted molar refractivity (Wildman–Crippen MR) is 67.4 cm³/mol. The number of nitrogens with one attached hydrogen (secondary N) is 1. The molecule has 1 fully saturated rings. The molecule has 1 aliphatic rings. The van der Waals surface area contributed by atoms with Crippen molar-refractivity contribution in [3.8, 4) is 0 Å². The van der Waals surface area contributed by atoms with E-state index >= 15 is 0 Å². The minimum atomic E-state index is -1.08. The Morgan fingerprint density at radius 1 is 1.44 bits per heavy atom. The lowest BCUT2D eigenvalue weighted by Crippen LogP contribution is -2.39. The Labute approximate surface area is 109 Å². The van der Waals surface area contributed by atoms with Gasteiger partial charge in [0.05, 0.1) is 0 Å². The molecule has 1 saturated carbocycles. The van der Waals surface area contributed by atoms with Crippen LogP contribution in [0.1, 0.15) is 32.6 Å². The quantitative estimate of drug-likeness (QED) is 0.840. The van der Waals surface area contributed by atoms with E-state index in [-0.39, 0.29) is 12.5 Å². The third-order valence-corrected chi connectivity index (χ3v) is 3.83. The van der Waals surface area contributed by atoms with Gasteiger partial charge in [0.1, 0.15) is 0 Å². The molecule has 1 aromatic heterocycles. The van der Waals surface area contributed by atoms with Crippen molar-refractivity contribution in [3.05, 3.63) is 31.8 Å². The Hall–Kier alpha value is -1.10. The zero-order chi connectivity index (χ0) is 13.3. The van der Waals surface area contributed by atoms with Crippen LogP contribution in [0.2, 0.25) is 5.15 Å². The van der Waals surface area contributed by atoms with E-state index < -0.39 is 22.2 Å². The van der Waals surface area contributed by atoms with Crippen LogP contribution in [-0.4, -0.2) is 9.55 Å². The molecule has 0 bridgehead atoms. The Morgan fingerprint density at radius 2 is 2.17 bits per heavy atom. The smallest absolute Gasteiger partial charge is 0.295 e. The number of aromatic nitrogens is 2. The van der Waals surface area contributed by atoms with Crippen molar-refractivity contribution in [2.75, 3.05) is 0 Å². The molecule has 1 aliphatic carbocycles. The molecule has 0 amide bonds. The number of rotatable bonds is 2. The molecule has 18 heavy (non-hydrogen) atoms. The third-order valence-electron chi connectivity index (χ3n) is 3.57. The van der Waals surface area contributed by atoms with E-state index in [2.05, 4.69) is 11.9 Å². The SMILES string of the molecule is CC1CCCC(Cn2c(=O)[nH]c(Cl)c(F)c2=O)C1. The van der Waals surface area contributed by atoms with Gasteiger partial charge >= 0.3 is 5.69 Å². The molecular formula is C12H16ClFN2O2. The van der Waals surface area contributed by atoms with Crippen molar-refractivity contribution in [2.24, 2.45) is 11.8 Å². The van der Waals surface area contributed by atoms with Gasteiger partial charge in [-0.2, -0.15) is 4.39 Å². The molecule has 4 nitrogen and oxygen atoms in total. The molecule has 0 aliphatic heterocycles. The average Bonchev–Trinajstić information content (AvgIpc) is 2.32. The van der Waals surface area contributed by atoms with Crippen molar-refractivity contribution in [1.82, 2.24) is 9.55 Å². The number of nitrogens with zero attached hydrogens (tertiary/aromatic N) is 1.